The van der Waals surface area contributed by atoms with Crippen molar-refractivity contribution in [2.24, 2.45) is 11.5 Å². The van der Waals surface area contributed by atoms with E-state index >= 15 is 0 Å². The summed E-state index contributed by atoms with van der Waals surface area (Å²) in [7, 11) is 0. The second kappa shape index (κ2) is 13.2. The average Bonchev–Trinajstić information content (AvgIpc) is 2.65. The summed E-state index contributed by atoms with van der Waals surface area (Å²) in [6.07, 6.45) is -4.63. The first kappa shape index (κ1) is 28.7. The van der Waals surface area contributed by atoms with Crippen molar-refractivity contribution in [3.05, 3.63) is 0 Å². The van der Waals surface area contributed by atoms with Gasteiger partial charge in [-0.2, -0.15) is 0 Å². The maximum absolute atomic E-state index is 12.6. The van der Waals surface area contributed by atoms with Crippen LogP contribution in [0, 0.1) is 0 Å². The molecule has 6 atom stereocenters. The van der Waals surface area contributed by atoms with Gasteiger partial charge in [0.05, 0.1) is 24.7 Å². The zero-order valence-electron chi connectivity index (χ0n) is 17.5. The standard InChI is InChI=1S/C17H29N5O10/c1-6(23)12(21-14(28)8(18)5-10(19)25)16(30)20-9(3-4-11(26)27)15(29)22-13(7(2)24)17(31)32/h6-9,12-13,23-24H,3-5,18H2,1-2H3,(H2,19,25)(H,20,30)(H,21,28)(H,22,29)(H,26,27)(H,31,32). The van der Waals surface area contributed by atoms with E-state index in [4.69, 9.17) is 21.7 Å². The smallest absolute Gasteiger partial charge is 0.328 e. The van der Waals surface area contributed by atoms with Gasteiger partial charge in [-0.3, -0.25) is 24.0 Å². The molecular weight excluding hydrogens is 434 g/mol. The molecule has 6 unspecified atom stereocenters. The van der Waals surface area contributed by atoms with Crippen molar-refractivity contribution in [3.8, 4) is 0 Å². The highest BCUT2D eigenvalue weighted by Crippen LogP contribution is 2.04. The van der Waals surface area contributed by atoms with E-state index in [0.717, 1.165) is 13.8 Å². The normalized spacial score (nSPS) is 16.4. The molecule has 0 aromatic carbocycles. The molecule has 0 aliphatic rings. The van der Waals surface area contributed by atoms with Crippen LogP contribution in [0.25, 0.3) is 0 Å². The zero-order valence-corrected chi connectivity index (χ0v) is 17.5. The van der Waals surface area contributed by atoms with Crippen LogP contribution >= 0.6 is 0 Å². The predicted molar refractivity (Wildman–Crippen MR) is 105 cm³/mol. The summed E-state index contributed by atoms with van der Waals surface area (Å²) in [5.41, 5.74) is 10.4. The summed E-state index contributed by atoms with van der Waals surface area (Å²) in [6.45, 7) is 2.22. The Hall–Kier alpha value is -3.30. The fourth-order valence-corrected chi connectivity index (χ4v) is 2.42. The molecule has 15 heteroatoms. The van der Waals surface area contributed by atoms with Crippen molar-refractivity contribution >= 4 is 35.6 Å². The fourth-order valence-electron chi connectivity index (χ4n) is 2.42. The first-order valence-electron chi connectivity index (χ1n) is 9.43. The number of primary amides is 1. The summed E-state index contributed by atoms with van der Waals surface area (Å²) < 4.78 is 0. The van der Waals surface area contributed by atoms with Crippen LogP contribution in [0.2, 0.25) is 0 Å². The van der Waals surface area contributed by atoms with Crippen molar-refractivity contribution in [3.63, 3.8) is 0 Å². The molecule has 0 aliphatic carbocycles. The van der Waals surface area contributed by atoms with Gasteiger partial charge in [0.2, 0.25) is 23.6 Å². The molecular formula is C17H29N5O10. The van der Waals surface area contributed by atoms with Crippen LogP contribution in [0.3, 0.4) is 0 Å². The number of hydrogen-bond donors (Lipinski definition) is 9. The van der Waals surface area contributed by atoms with E-state index in [-0.39, 0.29) is 0 Å². The molecule has 0 rings (SSSR count). The number of carbonyl (C=O) groups excluding carboxylic acids is 4. The van der Waals surface area contributed by atoms with Crippen LogP contribution in [0.15, 0.2) is 0 Å². The lowest BCUT2D eigenvalue weighted by atomic mass is 10.1. The highest BCUT2D eigenvalue weighted by atomic mass is 16.4. The maximum atomic E-state index is 12.6. The number of carboxylic acid groups (broad SMARTS) is 2. The molecule has 0 saturated carbocycles. The third-order valence-electron chi connectivity index (χ3n) is 4.15. The van der Waals surface area contributed by atoms with Crippen molar-refractivity contribution in [1.82, 2.24) is 16.0 Å². The van der Waals surface area contributed by atoms with Crippen LogP contribution in [-0.2, 0) is 28.8 Å². The second-order valence-electron chi connectivity index (χ2n) is 7.06. The highest BCUT2D eigenvalue weighted by molar-refractivity contribution is 5.95. The monoisotopic (exact) mass is 463 g/mol. The van der Waals surface area contributed by atoms with Crippen LogP contribution in [0.4, 0.5) is 0 Å². The minimum absolute atomic E-state index is 0.472. The molecule has 4 amide bonds. The Labute approximate surface area is 182 Å². The van der Waals surface area contributed by atoms with E-state index in [0.29, 0.717) is 0 Å². The van der Waals surface area contributed by atoms with Crippen LogP contribution in [0.5, 0.6) is 0 Å². The van der Waals surface area contributed by atoms with Crippen LogP contribution in [0.1, 0.15) is 33.1 Å². The van der Waals surface area contributed by atoms with E-state index in [1.165, 1.54) is 0 Å². The van der Waals surface area contributed by atoms with Gasteiger partial charge >= 0.3 is 11.9 Å². The van der Waals surface area contributed by atoms with E-state index in [2.05, 4.69) is 10.6 Å². The number of hydrogen-bond acceptors (Lipinski definition) is 9. The average molecular weight is 463 g/mol. The number of amides is 4. The molecule has 15 nitrogen and oxygen atoms in total. The number of rotatable bonds is 14. The molecule has 0 radical (unpaired) electrons. The molecule has 0 spiro atoms. The highest BCUT2D eigenvalue weighted by Gasteiger charge is 2.33. The third kappa shape index (κ3) is 10.1. The largest absolute Gasteiger partial charge is 0.481 e. The first-order chi connectivity index (χ1) is 14.7. The summed E-state index contributed by atoms with van der Waals surface area (Å²) in [4.78, 5) is 70.0. The van der Waals surface area contributed by atoms with Crippen molar-refractivity contribution < 1.29 is 49.2 Å². The van der Waals surface area contributed by atoms with Gasteiger partial charge in [0.15, 0.2) is 6.04 Å². The van der Waals surface area contributed by atoms with Gasteiger partial charge in [-0.05, 0) is 20.3 Å². The van der Waals surface area contributed by atoms with Gasteiger partial charge in [0.25, 0.3) is 0 Å². The number of carboxylic acids is 2. The lowest BCUT2D eigenvalue weighted by Gasteiger charge is -2.26. The SMILES string of the molecule is CC(O)C(NC(=O)C(CCC(=O)O)NC(=O)C(NC(=O)C(N)CC(N)=O)C(C)O)C(=O)O. The Morgan fingerprint density at radius 2 is 1.31 bits per heavy atom. The topological polar surface area (TPSA) is 271 Å². The molecule has 0 aliphatic heterocycles. The lowest BCUT2D eigenvalue weighted by Crippen LogP contribution is -2.60. The molecule has 182 valence electrons. The van der Waals surface area contributed by atoms with E-state index in [1.807, 2.05) is 5.32 Å². The summed E-state index contributed by atoms with van der Waals surface area (Å²) in [5.74, 6) is -7.02. The number of nitrogens with two attached hydrogens (primary N) is 2. The summed E-state index contributed by atoms with van der Waals surface area (Å²) in [5, 5.41) is 43.4. The quantitative estimate of drug-likeness (QED) is 0.118. The molecule has 0 heterocycles. The Morgan fingerprint density at radius 3 is 1.72 bits per heavy atom. The van der Waals surface area contributed by atoms with Crippen molar-refractivity contribution in [1.29, 1.82) is 0 Å². The van der Waals surface area contributed by atoms with Gasteiger partial charge in [-0.25, -0.2) is 4.79 Å². The van der Waals surface area contributed by atoms with E-state index < -0.39 is 91.2 Å². The summed E-state index contributed by atoms with van der Waals surface area (Å²) in [6, 6.07) is -6.41. The molecule has 0 bridgehead atoms. The fraction of sp³-hybridized carbons (Fsp3) is 0.647. The first-order valence-corrected chi connectivity index (χ1v) is 9.43. The van der Waals surface area contributed by atoms with Gasteiger partial charge in [-0.1, -0.05) is 0 Å². The Kier molecular flexibility index (Phi) is 11.8. The molecule has 0 fully saturated rings. The lowest BCUT2D eigenvalue weighted by molar-refractivity contribution is -0.145. The Morgan fingerprint density at radius 1 is 0.812 bits per heavy atom. The number of nitrogens with one attached hydrogen (secondary N) is 3. The van der Waals surface area contributed by atoms with Crippen LogP contribution in [-0.4, -0.2) is 92.4 Å². The second-order valence-corrected chi connectivity index (χ2v) is 7.06. The molecule has 0 aromatic rings. The van der Waals surface area contributed by atoms with Gasteiger partial charge in [0, 0.05) is 6.42 Å². The molecule has 0 aromatic heterocycles. The number of carbonyl (C=O) groups is 6. The van der Waals surface area contributed by atoms with E-state index in [9.17, 15) is 39.0 Å². The zero-order chi connectivity index (χ0) is 25.2. The Bertz CT molecular complexity index is 727. The minimum Gasteiger partial charge on any atom is -0.481 e. The number of aliphatic carboxylic acids is 2. The Balaban J connectivity index is 5.50. The van der Waals surface area contributed by atoms with Crippen molar-refractivity contribution in [2.45, 2.75) is 69.5 Å². The molecule has 11 N–H and O–H groups in total. The number of aliphatic hydroxyl groups excluding tert-OH is 2. The van der Waals surface area contributed by atoms with Gasteiger partial charge < -0.3 is 47.8 Å². The molecule has 32 heavy (non-hydrogen) atoms. The third-order valence-corrected chi connectivity index (χ3v) is 4.15. The van der Waals surface area contributed by atoms with Crippen LogP contribution < -0.4 is 27.4 Å². The van der Waals surface area contributed by atoms with E-state index in [1.54, 1.807) is 0 Å². The maximum Gasteiger partial charge on any atom is 0.328 e. The molecule has 0 saturated heterocycles. The minimum atomic E-state index is -1.74. The summed E-state index contributed by atoms with van der Waals surface area (Å²) >= 11 is 0. The van der Waals surface area contributed by atoms with Gasteiger partial charge in [0.1, 0.15) is 12.1 Å². The van der Waals surface area contributed by atoms with Crippen molar-refractivity contribution in [2.75, 3.05) is 0 Å². The predicted octanol–water partition coefficient (Wildman–Crippen LogP) is -4.65. The number of aliphatic hydroxyl groups is 2. The van der Waals surface area contributed by atoms with Gasteiger partial charge in [-0.15, -0.1) is 0 Å².